The van der Waals surface area contributed by atoms with Gasteiger partial charge in [-0.05, 0) is 43.6 Å². The second-order valence-corrected chi connectivity index (χ2v) is 5.12. The fraction of sp³-hybridized carbons (Fsp3) is 0.571. The van der Waals surface area contributed by atoms with Gasteiger partial charge in [0, 0.05) is 6.54 Å². The Labute approximate surface area is 120 Å². The minimum atomic E-state index is -1.61. The smallest absolute Gasteiger partial charge is 0.496 e. The van der Waals surface area contributed by atoms with E-state index in [1.54, 1.807) is 0 Å². The van der Waals surface area contributed by atoms with E-state index in [1.807, 2.05) is 12.1 Å². The molecule has 0 radical (unpaired) electrons. The summed E-state index contributed by atoms with van der Waals surface area (Å²) in [6.45, 7) is 3.04. The molecular weight excluding hydrogens is 257 g/mol. The van der Waals surface area contributed by atoms with Crippen molar-refractivity contribution in [1.82, 2.24) is 4.90 Å². The predicted octanol–water partition coefficient (Wildman–Crippen LogP) is 0.369. The van der Waals surface area contributed by atoms with Crippen molar-refractivity contribution in [2.45, 2.75) is 25.8 Å². The van der Waals surface area contributed by atoms with Crippen LogP contribution in [0.15, 0.2) is 12.1 Å². The van der Waals surface area contributed by atoms with Gasteiger partial charge in [-0.25, -0.2) is 0 Å². The Bertz CT molecular complexity index is 422. The van der Waals surface area contributed by atoms with Crippen LogP contribution in [0, 0.1) is 0 Å². The molecule has 1 fully saturated rings. The standard InChI is InChI=1S/C14H22BNO4/c1-19-12-8-11(10-16-6-4-3-5-7-16)9-13(20-2)14(12)15(17)18/h8-9,17-18H,3-7,10H2,1-2H3. The van der Waals surface area contributed by atoms with E-state index < -0.39 is 7.12 Å². The molecule has 1 aliphatic heterocycles. The van der Waals surface area contributed by atoms with Gasteiger partial charge in [0.2, 0.25) is 0 Å². The predicted molar refractivity (Wildman–Crippen MR) is 78.5 cm³/mol. The van der Waals surface area contributed by atoms with Crippen LogP contribution in [-0.4, -0.2) is 49.4 Å². The highest BCUT2D eigenvalue weighted by Crippen LogP contribution is 2.23. The van der Waals surface area contributed by atoms with Crippen molar-refractivity contribution in [1.29, 1.82) is 0 Å². The van der Waals surface area contributed by atoms with Gasteiger partial charge in [0.1, 0.15) is 11.5 Å². The van der Waals surface area contributed by atoms with Crippen molar-refractivity contribution in [3.63, 3.8) is 0 Å². The average Bonchev–Trinajstić information content (AvgIpc) is 2.46. The lowest BCUT2D eigenvalue weighted by Crippen LogP contribution is -2.33. The molecule has 1 aliphatic rings. The maximum Gasteiger partial charge on any atom is 0.496 e. The third kappa shape index (κ3) is 3.45. The highest BCUT2D eigenvalue weighted by Gasteiger charge is 2.24. The monoisotopic (exact) mass is 279 g/mol. The number of hydrogen-bond donors (Lipinski definition) is 2. The first-order valence-corrected chi connectivity index (χ1v) is 6.99. The van der Waals surface area contributed by atoms with E-state index in [1.165, 1.54) is 33.5 Å². The number of rotatable bonds is 5. The average molecular weight is 279 g/mol. The summed E-state index contributed by atoms with van der Waals surface area (Å²) in [6, 6.07) is 3.71. The van der Waals surface area contributed by atoms with Crippen LogP contribution < -0.4 is 14.9 Å². The fourth-order valence-corrected chi connectivity index (χ4v) is 2.71. The van der Waals surface area contributed by atoms with Crippen molar-refractivity contribution < 1.29 is 19.5 Å². The zero-order valence-corrected chi connectivity index (χ0v) is 12.1. The van der Waals surface area contributed by atoms with Crippen molar-refractivity contribution in [2.24, 2.45) is 0 Å². The SMILES string of the molecule is COc1cc(CN2CCCCC2)cc(OC)c1B(O)O. The lowest BCUT2D eigenvalue weighted by Gasteiger charge is -2.27. The van der Waals surface area contributed by atoms with Gasteiger partial charge in [-0.1, -0.05) is 6.42 Å². The molecule has 1 heterocycles. The molecule has 0 atom stereocenters. The van der Waals surface area contributed by atoms with Crippen molar-refractivity contribution in [3.8, 4) is 11.5 Å². The number of likely N-dealkylation sites (tertiary alicyclic amines) is 1. The van der Waals surface area contributed by atoms with Crippen LogP contribution in [0.3, 0.4) is 0 Å². The van der Waals surface area contributed by atoms with E-state index in [2.05, 4.69) is 4.90 Å². The van der Waals surface area contributed by atoms with Crippen LogP contribution >= 0.6 is 0 Å². The summed E-state index contributed by atoms with van der Waals surface area (Å²) in [5.41, 5.74) is 1.34. The van der Waals surface area contributed by atoms with Gasteiger partial charge in [-0.3, -0.25) is 4.90 Å². The summed E-state index contributed by atoms with van der Waals surface area (Å²) in [5, 5.41) is 18.9. The quantitative estimate of drug-likeness (QED) is 0.762. The molecule has 0 unspecified atom stereocenters. The zero-order chi connectivity index (χ0) is 14.5. The Balaban J connectivity index is 2.25. The number of nitrogens with zero attached hydrogens (tertiary/aromatic N) is 1. The van der Waals surface area contributed by atoms with Gasteiger partial charge in [-0.15, -0.1) is 0 Å². The van der Waals surface area contributed by atoms with Crippen LogP contribution in [0.25, 0.3) is 0 Å². The van der Waals surface area contributed by atoms with E-state index in [4.69, 9.17) is 9.47 Å². The van der Waals surface area contributed by atoms with Gasteiger partial charge in [0.25, 0.3) is 0 Å². The second-order valence-electron chi connectivity index (χ2n) is 5.12. The molecule has 1 aromatic rings. The molecule has 0 bridgehead atoms. The molecule has 0 aromatic heterocycles. The molecular formula is C14H22BNO4. The molecule has 2 N–H and O–H groups in total. The molecule has 20 heavy (non-hydrogen) atoms. The normalized spacial score (nSPS) is 16.0. The zero-order valence-electron chi connectivity index (χ0n) is 12.1. The van der Waals surface area contributed by atoms with Crippen LogP contribution in [0.5, 0.6) is 11.5 Å². The van der Waals surface area contributed by atoms with Crippen molar-refractivity contribution in [2.75, 3.05) is 27.3 Å². The maximum absolute atomic E-state index is 9.45. The van der Waals surface area contributed by atoms with E-state index in [-0.39, 0.29) is 5.46 Å². The summed E-state index contributed by atoms with van der Waals surface area (Å²) in [6.07, 6.45) is 3.78. The number of ether oxygens (including phenoxy) is 2. The minimum absolute atomic E-state index is 0.275. The number of hydrogen-bond acceptors (Lipinski definition) is 5. The Morgan fingerprint density at radius 1 is 1.05 bits per heavy atom. The molecule has 0 saturated carbocycles. The molecule has 0 aliphatic carbocycles. The van der Waals surface area contributed by atoms with E-state index in [0.717, 1.165) is 25.2 Å². The van der Waals surface area contributed by atoms with Gasteiger partial charge < -0.3 is 19.5 Å². The van der Waals surface area contributed by atoms with Gasteiger partial charge in [-0.2, -0.15) is 0 Å². The maximum atomic E-state index is 9.45. The third-order valence-electron chi connectivity index (χ3n) is 3.72. The summed E-state index contributed by atoms with van der Waals surface area (Å²) in [7, 11) is 1.43. The van der Waals surface area contributed by atoms with E-state index >= 15 is 0 Å². The summed E-state index contributed by atoms with van der Waals surface area (Å²) in [5.74, 6) is 0.901. The minimum Gasteiger partial charge on any atom is -0.497 e. The van der Waals surface area contributed by atoms with Gasteiger partial charge >= 0.3 is 7.12 Å². The Morgan fingerprint density at radius 2 is 1.60 bits per heavy atom. The lowest BCUT2D eigenvalue weighted by molar-refractivity contribution is 0.220. The first-order valence-electron chi connectivity index (χ1n) is 6.99. The highest BCUT2D eigenvalue weighted by atomic mass is 16.5. The Kier molecular flexibility index (Phi) is 5.28. The second kappa shape index (κ2) is 6.97. The molecule has 1 aromatic carbocycles. The fourth-order valence-electron chi connectivity index (χ4n) is 2.71. The molecule has 0 amide bonds. The van der Waals surface area contributed by atoms with E-state index in [0.29, 0.717) is 11.5 Å². The highest BCUT2D eigenvalue weighted by molar-refractivity contribution is 6.61. The molecule has 2 rings (SSSR count). The van der Waals surface area contributed by atoms with Crippen LogP contribution in [0.4, 0.5) is 0 Å². The number of benzene rings is 1. The van der Waals surface area contributed by atoms with Gasteiger partial charge in [0.15, 0.2) is 0 Å². The van der Waals surface area contributed by atoms with E-state index in [9.17, 15) is 10.0 Å². The molecule has 1 saturated heterocycles. The Hall–Kier alpha value is -1.24. The summed E-state index contributed by atoms with van der Waals surface area (Å²) in [4.78, 5) is 2.40. The lowest BCUT2D eigenvalue weighted by atomic mass is 9.78. The van der Waals surface area contributed by atoms with Crippen molar-refractivity contribution in [3.05, 3.63) is 17.7 Å². The van der Waals surface area contributed by atoms with Crippen LogP contribution in [-0.2, 0) is 6.54 Å². The largest absolute Gasteiger partial charge is 0.497 e. The molecule has 110 valence electrons. The first-order chi connectivity index (χ1) is 9.65. The molecule has 6 heteroatoms. The first kappa shape index (κ1) is 15.2. The van der Waals surface area contributed by atoms with Crippen LogP contribution in [0.1, 0.15) is 24.8 Å². The molecule has 5 nitrogen and oxygen atoms in total. The third-order valence-corrected chi connectivity index (χ3v) is 3.72. The van der Waals surface area contributed by atoms with Crippen molar-refractivity contribution >= 4 is 12.6 Å². The Morgan fingerprint density at radius 3 is 2.05 bits per heavy atom. The number of methoxy groups -OCH3 is 2. The summed E-state index contributed by atoms with van der Waals surface area (Å²) >= 11 is 0. The van der Waals surface area contributed by atoms with Crippen LogP contribution in [0.2, 0.25) is 0 Å². The summed E-state index contributed by atoms with van der Waals surface area (Å²) < 4.78 is 10.5. The van der Waals surface area contributed by atoms with Gasteiger partial charge in [0.05, 0.1) is 19.7 Å². The topological polar surface area (TPSA) is 62.2 Å². The molecule has 0 spiro atoms. The number of piperidine rings is 1.